The van der Waals surface area contributed by atoms with Gasteiger partial charge in [-0.15, -0.1) is 0 Å². The first-order valence-corrected chi connectivity index (χ1v) is 5.59. The number of rotatable bonds is 5. The highest BCUT2D eigenvalue weighted by atomic mass is 16.5. The minimum Gasteiger partial charge on any atom is -0.496 e. The summed E-state index contributed by atoms with van der Waals surface area (Å²) >= 11 is 0. The van der Waals surface area contributed by atoms with Crippen LogP contribution in [0.15, 0.2) is 12.1 Å². The van der Waals surface area contributed by atoms with E-state index in [1.807, 2.05) is 26.0 Å². The number of nitrogens with two attached hydrogens (primary N) is 1. The van der Waals surface area contributed by atoms with Crippen molar-refractivity contribution >= 4 is 5.97 Å². The average Bonchev–Trinajstić information content (AvgIpc) is 2.24. The van der Waals surface area contributed by atoms with Gasteiger partial charge in [-0.2, -0.15) is 0 Å². The van der Waals surface area contributed by atoms with Gasteiger partial charge in [0.15, 0.2) is 0 Å². The number of hydrogen-bond acceptors (Lipinski definition) is 3. The molecule has 0 aliphatic heterocycles. The number of hydrogen-bond donors (Lipinski definition) is 2. The summed E-state index contributed by atoms with van der Waals surface area (Å²) in [4.78, 5) is 11.2. The summed E-state index contributed by atoms with van der Waals surface area (Å²) in [5, 5.41) is 9.18. The summed E-state index contributed by atoms with van der Waals surface area (Å²) in [5.74, 6) is -0.562. The van der Waals surface area contributed by atoms with Crippen LogP contribution in [0.1, 0.15) is 29.0 Å². The Morgan fingerprint density at radius 3 is 2.29 bits per heavy atom. The average molecular weight is 237 g/mol. The van der Waals surface area contributed by atoms with Gasteiger partial charge in [0.05, 0.1) is 13.0 Å². The van der Waals surface area contributed by atoms with Gasteiger partial charge in [-0.3, -0.25) is 4.79 Å². The standard InChI is InChI=1S/C13H19NO3/c1-8-6-10(7-9(2)12(8)17-3)11(4-5-14)13(15)16/h6-7,11H,4-5,14H2,1-3H3,(H,15,16). The van der Waals surface area contributed by atoms with E-state index in [1.54, 1.807) is 7.11 Å². The second-order valence-electron chi connectivity index (χ2n) is 4.16. The highest BCUT2D eigenvalue weighted by molar-refractivity contribution is 5.76. The Bertz CT molecular complexity index is 392. The van der Waals surface area contributed by atoms with Gasteiger partial charge in [-0.05, 0) is 43.5 Å². The summed E-state index contributed by atoms with van der Waals surface area (Å²) in [6.45, 7) is 4.19. The van der Waals surface area contributed by atoms with E-state index in [0.717, 1.165) is 22.4 Å². The molecule has 0 heterocycles. The molecule has 3 N–H and O–H groups in total. The van der Waals surface area contributed by atoms with Gasteiger partial charge in [0.2, 0.25) is 0 Å². The Balaban J connectivity index is 3.17. The highest BCUT2D eigenvalue weighted by Gasteiger charge is 2.20. The van der Waals surface area contributed by atoms with Crippen LogP contribution in [-0.2, 0) is 4.79 Å². The normalized spacial score (nSPS) is 12.2. The Kier molecular flexibility index (Phi) is 4.52. The lowest BCUT2D eigenvalue weighted by Crippen LogP contribution is -2.16. The zero-order valence-electron chi connectivity index (χ0n) is 10.5. The number of carboxylic acids is 1. The molecule has 0 saturated carbocycles. The van der Waals surface area contributed by atoms with Gasteiger partial charge in [0.25, 0.3) is 0 Å². The van der Waals surface area contributed by atoms with Gasteiger partial charge in [-0.1, -0.05) is 12.1 Å². The lowest BCUT2D eigenvalue weighted by atomic mass is 9.92. The number of methoxy groups -OCH3 is 1. The van der Waals surface area contributed by atoms with Gasteiger partial charge >= 0.3 is 5.97 Å². The number of benzene rings is 1. The van der Waals surface area contributed by atoms with Crippen molar-refractivity contribution in [3.05, 3.63) is 28.8 Å². The molecule has 0 amide bonds. The summed E-state index contributed by atoms with van der Waals surface area (Å²) in [6.07, 6.45) is 0.445. The van der Waals surface area contributed by atoms with Crippen molar-refractivity contribution in [3.63, 3.8) is 0 Å². The third-order valence-corrected chi connectivity index (χ3v) is 2.84. The van der Waals surface area contributed by atoms with Crippen LogP contribution < -0.4 is 10.5 Å². The summed E-state index contributed by atoms with van der Waals surface area (Å²) in [6, 6.07) is 3.72. The van der Waals surface area contributed by atoms with Crippen LogP contribution in [0.25, 0.3) is 0 Å². The quantitative estimate of drug-likeness (QED) is 0.819. The predicted octanol–water partition coefficient (Wildman–Crippen LogP) is 1.83. The van der Waals surface area contributed by atoms with Crippen molar-refractivity contribution in [1.82, 2.24) is 0 Å². The molecular formula is C13H19NO3. The molecule has 0 bridgehead atoms. The fourth-order valence-electron chi connectivity index (χ4n) is 2.11. The van der Waals surface area contributed by atoms with Crippen molar-refractivity contribution in [1.29, 1.82) is 0 Å². The molecule has 1 aromatic rings. The Hall–Kier alpha value is -1.55. The molecule has 4 heteroatoms. The molecular weight excluding hydrogens is 218 g/mol. The third-order valence-electron chi connectivity index (χ3n) is 2.84. The first-order valence-electron chi connectivity index (χ1n) is 5.59. The maximum Gasteiger partial charge on any atom is 0.311 e. The van der Waals surface area contributed by atoms with Crippen LogP contribution in [0, 0.1) is 13.8 Å². The lowest BCUT2D eigenvalue weighted by Gasteiger charge is -2.16. The first kappa shape index (κ1) is 13.5. The maximum absolute atomic E-state index is 11.2. The van der Waals surface area contributed by atoms with Crippen LogP contribution >= 0.6 is 0 Å². The zero-order chi connectivity index (χ0) is 13.0. The summed E-state index contributed by atoms with van der Waals surface area (Å²) < 4.78 is 5.26. The van der Waals surface area contributed by atoms with Gasteiger partial charge in [0, 0.05) is 0 Å². The van der Waals surface area contributed by atoms with Crippen LogP contribution in [0.3, 0.4) is 0 Å². The second kappa shape index (κ2) is 5.68. The number of aryl methyl sites for hydroxylation is 2. The van der Waals surface area contributed by atoms with E-state index in [2.05, 4.69) is 0 Å². The van der Waals surface area contributed by atoms with Gasteiger partial charge in [0.1, 0.15) is 5.75 Å². The third kappa shape index (κ3) is 2.97. The van der Waals surface area contributed by atoms with Crippen molar-refractivity contribution < 1.29 is 14.6 Å². The van der Waals surface area contributed by atoms with Crippen LogP contribution in [0.2, 0.25) is 0 Å². The van der Waals surface area contributed by atoms with E-state index in [9.17, 15) is 9.90 Å². The highest BCUT2D eigenvalue weighted by Crippen LogP contribution is 2.29. The van der Waals surface area contributed by atoms with Crippen molar-refractivity contribution in [2.75, 3.05) is 13.7 Å². The number of carboxylic acid groups (broad SMARTS) is 1. The topological polar surface area (TPSA) is 72.5 Å². The molecule has 17 heavy (non-hydrogen) atoms. The Morgan fingerprint density at radius 1 is 1.41 bits per heavy atom. The van der Waals surface area contributed by atoms with E-state index in [4.69, 9.17) is 10.5 Å². The van der Waals surface area contributed by atoms with E-state index >= 15 is 0 Å². The van der Waals surface area contributed by atoms with E-state index in [-0.39, 0.29) is 0 Å². The molecule has 0 spiro atoms. The SMILES string of the molecule is COc1c(C)cc(C(CCN)C(=O)O)cc1C. The molecule has 0 aromatic heterocycles. The molecule has 94 valence electrons. The van der Waals surface area contributed by atoms with Crippen molar-refractivity contribution in [3.8, 4) is 5.75 Å². The largest absolute Gasteiger partial charge is 0.496 e. The zero-order valence-corrected chi connectivity index (χ0v) is 10.5. The van der Waals surface area contributed by atoms with E-state index in [0.29, 0.717) is 13.0 Å². The molecule has 0 fully saturated rings. The molecule has 0 saturated heterocycles. The molecule has 1 rings (SSSR count). The molecule has 4 nitrogen and oxygen atoms in total. The predicted molar refractivity (Wildman–Crippen MR) is 66.5 cm³/mol. The number of aliphatic carboxylic acids is 1. The monoisotopic (exact) mass is 237 g/mol. The van der Waals surface area contributed by atoms with Crippen LogP contribution in [0.5, 0.6) is 5.75 Å². The molecule has 0 aliphatic carbocycles. The first-order chi connectivity index (χ1) is 8.01. The van der Waals surface area contributed by atoms with Crippen molar-refractivity contribution in [2.45, 2.75) is 26.2 Å². The van der Waals surface area contributed by atoms with Gasteiger partial charge in [-0.25, -0.2) is 0 Å². The number of carbonyl (C=O) groups is 1. The van der Waals surface area contributed by atoms with Gasteiger partial charge < -0.3 is 15.6 Å². The van der Waals surface area contributed by atoms with Crippen LogP contribution in [-0.4, -0.2) is 24.7 Å². The molecule has 1 aromatic carbocycles. The van der Waals surface area contributed by atoms with E-state index in [1.165, 1.54) is 0 Å². The minimum atomic E-state index is -0.834. The fraction of sp³-hybridized carbons (Fsp3) is 0.462. The Labute approximate surface area is 101 Å². The minimum absolute atomic E-state index is 0.362. The second-order valence-corrected chi connectivity index (χ2v) is 4.16. The number of ether oxygens (including phenoxy) is 1. The smallest absolute Gasteiger partial charge is 0.311 e. The summed E-state index contributed by atoms with van der Waals surface area (Å²) in [5.41, 5.74) is 8.14. The Morgan fingerprint density at radius 2 is 1.94 bits per heavy atom. The molecule has 1 atom stereocenters. The molecule has 1 unspecified atom stereocenters. The summed E-state index contributed by atoms with van der Waals surface area (Å²) in [7, 11) is 1.61. The maximum atomic E-state index is 11.2. The van der Waals surface area contributed by atoms with Crippen molar-refractivity contribution in [2.24, 2.45) is 5.73 Å². The fourth-order valence-corrected chi connectivity index (χ4v) is 2.11. The van der Waals surface area contributed by atoms with E-state index < -0.39 is 11.9 Å². The lowest BCUT2D eigenvalue weighted by molar-refractivity contribution is -0.138. The molecule has 0 radical (unpaired) electrons. The molecule has 0 aliphatic rings. The van der Waals surface area contributed by atoms with Crippen LogP contribution in [0.4, 0.5) is 0 Å².